The largest absolute Gasteiger partial charge is 0.512 e. The van der Waals surface area contributed by atoms with Crippen LogP contribution in [0.4, 0.5) is 12.9 Å². The van der Waals surface area contributed by atoms with Crippen LogP contribution in [0.25, 0.3) is 5.78 Å². The second-order valence-electron chi connectivity index (χ2n) is 2.47. The Labute approximate surface area is 70.5 Å². The average molecular weight is 187 g/mol. The topological polar surface area (TPSA) is 43.1 Å². The van der Waals surface area contributed by atoms with Crippen LogP contribution in [0, 0.1) is 0 Å². The molecule has 2 aromatic heterocycles. The second-order valence-corrected chi connectivity index (χ2v) is 2.47. The summed E-state index contributed by atoms with van der Waals surface area (Å²) in [6.07, 6.45) is 2.77. The van der Waals surface area contributed by atoms with Gasteiger partial charge < -0.3 is 12.9 Å². The van der Waals surface area contributed by atoms with Gasteiger partial charge in [-0.05, 0) is 0 Å². The molecular formula is C5H3BF3N4-. The molecule has 0 fully saturated rings. The van der Waals surface area contributed by atoms with Gasteiger partial charge in [0.1, 0.15) is 6.33 Å². The van der Waals surface area contributed by atoms with Gasteiger partial charge in [0.2, 0.25) is 0 Å². The smallest absolute Gasteiger partial charge is 0.445 e. The molecule has 0 aliphatic rings. The molecule has 0 aromatic carbocycles. The van der Waals surface area contributed by atoms with Gasteiger partial charge in [-0.3, -0.25) is 0 Å². The SMILES string of the molecule is F[B-](F)(F)c1cnc2ncnn2c1. The number of nitrogens with zero attached hydrogens (tertiary/aromatic N) is 4. The van der Waals surface area contributed by atoms with Gasteiger partial charge in [-0.15, -0.1) is 0 Å². The van der Waals surface area contributed by atoms with E-state index in [1.54, 1.807) is 0 Å². The highest BCUT2D eigenvalue weighted by atomic mass is 19.4. The highest BCUT2D eigenvalue weighted by molar-refractivity contribution is 6.73. The molecule has 0 unspecified atom stereocenters. The minimum absolute atomic E-state index is 0.156. The van der Waals surface area contributed by atoms with E-state index in [0.29, 0.717) is 0 Å². The van der Waals surface area contributed by atoms with Gasteiger partial charge in [-0.2, -0.15) is 10.1 Å². The minimum atomic E-state index is -5.02. The standard InChI is InChI=1S/C5H3BF3N4/c7-6(8,9)4-1-10-5-11-3-12-13(5)2-4/h1-3H/q-1. The summed E-state index contributed by atoms with van der Waals surface area (Å²) < 4.78 is 37.5. The third-order valence-electron chi connectivity index (χ3n) is 1.53. The van der Waals surface area contributed by atoms with E-state index in [2.05, 4.69) is 15.1 Å². The van der Waals surface area contributed by atoms with Crippen molar-refractivity contribution in [3.05, 3.63) is 18.7 Å². The fraction of sp³-hybridized carbons (Fsp3) is 0. The molecular weight excluding hydrogens is 184 g/mol. The summed E-state index contributed by atoms with van der Waals surface area (Å²) in [5, 5.41) is 3.55. The van der Waals surface area contributed by atoms with Crippen molar-refractivity contribution in [3.8, 4) is 0 Å². The van der Waals surface area contributed by atoms with E-state index in [9.17, 15) is 12.9 Å². The Morgan fingerprint density at radius 3 is 2.69 bits per heavy atom. The van der Waals surface area contributed by atoms with Crippen LogP contribution in [0.2, 0.25) is 0 Å². The molecule has 0 spiro atoms. The maximum Gasteiger partial charge on any atom is 0.512 e. The van der Waals surface area contributed by atoms with Gasteiger partial charge in [0.15, 0.2) is 0 Å². The first kappa shape index (κ1) is 8.02. The molecule has 0 amide bonds. The minimum Gasteiger partial charge on any atom is -0.445 e. The highest BCUT2D eigenvalue weighted by Crippen LogP contribution is 2.07. The van der Waals surface area contributed by atoms with Crippen molar-refractivity contribution in [2.24, 2.45) is 0 Å². The zero-order valence-electron chi connectivity index (χ0n) is 6.23. The van der Waals surface area contributed by atoms with Crippen LogP contribution in [-0.4, -0.2) is 26.6 Å². The zero-order chi connectivity index (χ0) is 9.47. The normalized spacial score (nSPS) is 12.2. The Morgan fingerprint density at radius 2 is 2.00 bits per heavy atom. The highest BCUT2D eigenvalue weighted by Gasteiger charge is 2.26. The lowest BCUT2D eigenvalue weighted by Gasteiger charge is -2.12. The molecule has 0 bridgehead atoms. The van der Waals surface area contributed by atoms with Crippen molar-refractivity contribution in [3.63, 3.8) is 0 Å². The third-order valence-corrected chi connectivity index (χ3v) is 1.53. The molecule has 0 atom stereocenters. The molecule has 0 radical (unpaired) electrons. The van der Waals surface area contributed by atoms with Gasteiger partial charge in [0.25, 0.3) is 5.78 Å². The molecule has 2 rings (SSSR count). The number of hydrogen-bond donors (Lipinski definition) is 0. The molecule has 0 saturated carbocycles. The molecule has 0 aliphatic heterocycles. The van der Waals surface area contributed by atoms with E-state index in [-0.39, 0.29) is 5.78 Å². The monoisotopic (exact) mass is 187 g/mol. The summed E-state index contributed by atoms with van der Waals surface area (Å²) in [6, 6.07) is 0. The van der Waals surface area contributed by atoms with Crippen LogP contribution in [0.3, 0.4) is 0 Å². The molecule has 13 heavy (non-hydrogen) atoms. The Balaban J connectivity index is 2.61. The fourth-order valence-corrected chi connectivity index (χ4v) is 0.903. The summed E-state index contributed by atoms with van der Waals surface area (Å²) >= 11 is 0. The number of fused-ring (bicyclic) bond motifs is 1. The second kappa shape index (κ2) is 2.44. The maximum absolute atomic E-state index is 12.2. The first-order valence-electron chi connectivity index (χ1n) is 3.42. The predicted molar refractivity (Wildman–Crippen MR) is 39.5 cm³/mol. The Hall–Kier alpha value is -1.60. The van der Waals surface area contributed by atoms with Gasteiger partial charge in [0, 0.05) is 12.4 Å². The molecule has 2 heterocycles. The Bertz CT molecular complexity index is 437. The van der Waals surface area contributed by atoms with Crippen LogP contribution >= 0.6 is 0 Å². The zero-order valence-corrected chi connectivity index (χ0v) is 6.23. The molecule has 0 saturated heterocycles. The maximum atomic E-state index is 12.2. The lowest BCUT2D eigenvalue weighted by molar-refractivity contribution is 0.500. The van der Waals surface area contributed by atoms with Crippen LogP contribution in [0.1, 0.15) is 0 Å². The van der Waals surface area contributed by atoms with Crippen molar-refractivity contribution in [2.45, 2.75) is 0 Å². The van der Waals surface area contributed by atoms with Crippen molar-refractivity contribution in [2.75, 3.05) is 0 Å². The summed E-state index contributed by atoms with van der Waals surface area (Å²) in [4.78, 5) is 7.11. The average Bonchev–Trinajstić information content (AvgIpc) is 2.47. The summed E-state index contributed by atoms with van der Waals surface area (Å²) in [5.41, 5.74) is -0.780. The molecule has 0 N–H and O–H groups in total. The number of aromatic nitrogens is 4. The fourth-order valence-electron chi connectivity index (χ4n) is 0.903. The third kappa shape index (κ3) is 1.34. The summed E-state index contributed by atoms with van der Waals surface area (Å²) in [5.74, 6) is 0.156. The van der Waals surface area contributed by atoms with E-state index < -0.39 is 12.4 Å². The van der Waals surface area contributed by atoms with E-state index in [0.717, 1.165) is 23.2 Å². The number of hydrogen-bond acceptors (Lipinski definition) is 3. The van der Waals surface area contributed by atoms with Crippen molar-refractivity contribution >= 4 is 18.2 Å². The summed E-state index contributed by atoms with van der Waals surface area (Å²) in [7, 11) is 0. The van der Waals surface area contributed by atoms with Gasteiger partial charge >= 0.3 is 6.98 Å². The molecule has 68 valence electrons. The van der Waals surface area contributed by atoms with Crippen LogP contribution in [-0.2, 0) is 0 Å². The lowest BCUT2D eigenvalue weighted by Crippen LogP contribution is -2.35. The number of halogens is 3. The van der Waals surface area contributed by atoms with Gasteiger partial charge in [-0.25, -0.2) is 9.50 Å². The van der Waals surface area contributed by atoms with E-state index in [1.807, 2.05) is 0 Å². The van der Waals surface area contributed by atoms with E-state index >= 15 is 0 Å². The quantitative estimate of drug-likeness (QED) is 0.598. The molecule has 4 nitrogen and oxygen atoms in total. The lowest BCUT2D eigenvalue weighted by atomic mass is 9.83. The molecule has 0 aliphatic carbocycles. The van der Waals surface area contributed by atoms with E-state index in [1.165, 1.54) is 0 Å². The van der Waals surface area contributed by atoms with Gasteiger partial charge in [0.05, 0.1) is 0 Å². The predicted octanol–water partition coefficient (Wildman–Crippen LogP) is 0.179. The Kier molecular flexibility index (Phi) is 1.51. The first-order valence-corrected chi connectivity index (χ1v) is 3.42. The summed E-state index contributed by atoms with van der Waals surface area (Å²) in [6.45, 7) is -5.02. The number of rotatable bonds is 1. The van der Waals surface area contributed by atoms with Crippen molar-refractivity contribution < 1.29 is 12.9 Å². The molecule has 2 aromatic rings. The van der Waals surface area contributed by atoms with Crippen molar-refractivity contribution in [1.29, 1.82) is 0 Å². The van der Waals surface area contributed by atoms with Crippen molar-refractivity contribution in [1.82, 2.24) is 19.6 Å². The van der Waals surface area contributed by atoms with Crippen LogP contribution < -0.4 is 5.46 Å². The first-order chi connectivity index (χ1) is 6.07. The van der Waals surface area contributed by atoms with E-state index in [4.69, 9.17) is 0 Å². The van der Waals surface area contributed by atoms with Gasteiger partial charge in [-0.1, -0.05) is 5.46 Å². The molecule has 8 heteroatoms. The van der Waals surface area contributed by atoms with Crippen LogP contribution in [0.15, 0.2) is 18.7 Å². The van der Waals surface area contributed by atoms with Crippen LogP contribution in [0.5, 0.6) is 0 Å². The Morgan fingerprint density at radius 1 is 1.23 bits per heavy atom.